The quantitative estimate of drug-likeness (QED) is 0.530. The minimum Gasteiger partial charge on any atom is -0.392 e. The van der Waals surface area contributed by atoms with Crippen LogP contribution in [0.15, 0.2) is 54.9 Å². The second-order valence-corrected chi connectivity index (χ2v) is 6.21. The van der Waals surface area contributed by atoms with Crippen molar-refractivity contribution < 1.29 is 9.90 Å². The average Bonchev–Trinajstić information content (AvgIpc) is 3.27. The highest BCUT2D eigenvalue weighted by Gasteiger charge is 2.17. The van der Waals surface area contributed by atoms with E-state index >= 15 is 0 Å². The number of aliphatic hydroxyl groups is 1. The van der Waals surface area contributed by atoms with Gasteiger partial charge in [-0.2, -0.15) is 5.10 Å². The molecule has 0 aliphatic carbocycles. The lowest BCUT2D eigenvalue weighted by Gasteiger charge is -2.10. The maximum Gasteiger partial charge on any atom is 0.250 e. The van der Waals surface area contributed by atoms with Crippen molar-refractivity contribution in [2.75, 3.05) is 0 Å². The number of aliphatic hydroxyl groups excluding tert-OH is 1. The molecule has 0 fully saturated rings. The Labute approximate surface area is 149 Å². The molecule has 6 heteroatoms. The molecule has 4 rings (SSSR count). The van der Waals surface area contributed by atoms with Crippen LogP contribution in [0, 0.1) is 0 Å². The Hall–Kier alpha value is -3.38. The maximum atomic E-state index is 11.9. The van der Waals surface area contributed by atoms with E-state index in [1.807, 2.05) is 49.6 Å². The molecule has 4 N–H and O–H groups in total. The molecule has 0 saturated carbocycles. The number of hydrogen-bond donors (Lipinski definition) is 3. The summed E-state index contributed by atoms with van der Waals surface area (Å²) < 4.78 is 1.72. The largest absolute Gasteiger partial charge is 0.392 e. The Morgan fingerprint density at radius 3 is 2.73 bits per heavy atom. The normalized spacial score (nSPS) is 11.2. The highest BCUT2D eigenvalue weighted by Crippen LogP contribution is 2.35. The van der Waals surface area contributed by atoms with E-state index in [1.54, 1.807) is 16.9 Å². The average molecular weight is 346 g/mol. The number of rotatable bonds is 4. The minimum absolute atomic E-state index is 0.0604. The van der Waals surface area contributed by atoms with Crippen LogP contribution in [0.2, 0.25) is 0 Å². The molecule has 0 aliphatic rings. The number of nitrogens with zero attached hydrogens (tertiary/aromatic N) is 2. The smallest absolute Gasteiger partial charge is 0.250 e. The number of fused-ring (bicyclic) bond motifs is 1. The van der Waals surface area contributed by atoms with E-state index in [4.69, 9.17) is 5.73 Å². The minimum atomic E-state index is -0.489. The van der Waals surface area contributed by atoms with Crippen LogP contribution in [0.4, 0.5) is 0 Å². The van der Waals surface area contributed by atoms with Gasteiger partial charge in [-0.25, -0.2) is 0 Å². The van der Waals surface area contributed by atoms with Crippen molar-refractivity contribution in [1.29, 1.82) is 0 Å². The molecular weight excluding hydrogens is 328 g/mol. The highest BCUT2D eigenvalue weighted by atomic mass is 16.3. The topological polar surface area (TPSA) is 96.9 Å². The van der Waals surface area contributed by atoms with E-state index < -0.39 is 5.91 Å². The van der Waals surface area contributed by atoms with Gasteiger partial charge < -0.3 is 15.8 Å². The number of aromatic nitrogens is 3. The van der Waals surface area contributed by atoms with Gasteiger partial charge in [0.05, 0.1) is 23.9 Å². The number of H-pyrrole nitrogens is 1. The van der Waals surface area contributed by atoms with Crippen molar-refractivity contribution in [1.82, 2.24) is 14.8 Å². The van der Waals surface area contributed by atoms with Gasteiger partial charge in [0.2, 0.25) is 0 Å². The lowest BCUT2D eigenvalue weighted by molar-refractivity contribution is 0.100. The van der Waals surface area contributed by atoms with Gasteiger partial charge in [-0.1, -0.05) is 30.3 Å². The van der Waals surface area contributed by atoms with E-state index in [-0.39, 0.29) is 6.61 Å². The molecule has 0 spiro atoms. The van der Waals surface area contributed by atoms with Crippen molar-refractivity contribution in [3.8, 4) is 22.4 Å². The van der Waals surface area contributed by atoms with Gasteiger partial charge in [0.25, 0.3) is 5.91 Å². The van der Waals surface area contributed by atoms with Crippen LogP contribution in [-0.2, 0) is 13.7 Å². The Kier molecular flexibility index (Phi) is 3.82. The Morgan fingerprint density at radius 1 is 1.23 bits per heavy atom. The lowest BCUT2D eigenvalue weighted by Crippen LogP contribution is -2.11. The first-order valence-corrected chi connectivity index (χ1v) is 8.22. The fourth-order valence-electron chi connectivity index (χ4n) is 3.30. The zero-order chi connectivity index (χ0) is 18.3. The van der Waals surface area contributed by atoms with Gasteiger partial charge >= 0.3 is 0 Å². The van der Waals surface area contributed by atoms with Crippen LogP contribution in [0.25, 0.3) is 33.3 Å². The molecule has 0 unspecified atom stereocenters. The third-order valence-electron chi connectivity index (χ3n) is 4.55. The number of benzene rings is 2. The van der Waals surface area contributed by atoms with Gasteiger partial charge in [-0.3, -0.25) is 9.48 Å². The molecule has 26 heavy (non-hydrogen) atoms. The summed E-state index contributed by atoms with van der Waals surface area (Å²) in [6, 6.07) is 13.2. The molecule has 0 aliphatic heterocycles. The zero-order valence-corrected chi connectivity index (χ0v) is 14.2. The van der Waals surface area contributed by atoms with Gasteiger partial charge in [0.1, 0.15) is 0 Å². The number of nitrogens with one attached hydrogen (secondary N) is 1. The first-order chi connectivity index (χ1) is 12.6. The summed E-state index contributed by atoms with van der Waals surface area (Å²) >= 11 is 0. The number of amides is 1. The summed E-state index contributed by atoms with van der Waals surface area (Å²) in [5, 5.41) is 14.8. The van der Waals surface area contributed by atoms with Crippen molar-refractivity contribution in [3.05, 3.63) is 66.0 Å². The third-order valence-corrected chi connectivity index (χ3v) is 4.55. The first kappa shape index (κ1) is 16.1. The van der Waals surface area contributed by atoms with Crippen LogP contribution in [-0.4, -0.2) is 25.8 Å². The Bertz CT molecular complexity index is 1120. The van der Waals surface area contributed by atoms with Gasteiger partial charge in [-0.05, 0) is 28.8 Å². The molecule has 0 saturated heterocycles. The maximum absolute atomic E-state index is 11.9. The lowest BCUT2D eigenvalue weighted by atomic mass is 9.95. The van der Waals surface area contributed by atoms with Gasteiger partial charge in [0.15, 0.2) is 0 Å². The van der Waals surface area contributed by atoms with E-state index in [2.05, 4.69) is 10.1 Å². The number of carbonyl (C=O) groups is 1. The fraction of sp³-hybridized carbons (Fsp3) is 0.100. The summed E-state index contributed by atoms with van der Waals surface area (Å²) in [6.07, 6.45) is 3.66. The molecule has 2 aromatic carbocycles. The van der Waals surface area contributed by atoms with Crippen molar-refractivity contribution in [3.63, 3.8) is 0 Å². The summed E-state index contributed by atoms with van der Waals surface area (Å²) in [7, 11) is 1.85. The van der Waals surface area contributed by atoms with Crippen molar-refractivity contribution >= 4 is 16.8 Å². The van der Waals surface area contributed by atoms with Gasteiger partial charge in [-0.15, -0.1) is 0 Å². The predicted octanol–water partition coefficient (Wildman–Crippen LogP) is 2.83. The number of hydrogen-bond acceptors (Lipinski definition) is 3. The first-order valence-electron chi connectivity index (χ1n) is 8.22. The molecule has 130 valence electrons. The van der Waals surface area contributed by atoms with Crippen LogP contribution in [0.5, 0.6) is 0 Å². The fourth-order valence-corrected chi connectivity index (χ4v) is 3.30. The number of aromatic amines is 1. The molecule has 0 atom stereocenters. The van der Waals surface area contributed by atoms with Crippen LogP contribution >= 0.6 is 0 Å². The van der Waals surface area contributed by atoms with Crippen LogP contribution in [0.3, 0.4) is 0 Å². The highest BCUT2D eigenvalue weighted by molar-refractivity contribution is 6.10. The van der Waals surface area contributed by atoms with E-state index in [0.29, 0.717) is 11.1 Å². The Balaban J connectivity index is 2.01. The summed E-state index contributed by atoms with van der Waals surface area (Å²) in [4.78, 5) is 15.2. The van der Waals surface area contributed by atoms with E-state index in [0.717, 1.165) is 33.3 Å². The molecular formula is C20H18N4O2. The zero-order valence-electron chi connectivity index (χ0n) is 14.2. The SMILES string of the molecule is Cn1cc(-c2cc3c(-c4ccccc4CO)ccc(C(N)=O)c3[nH]2)cn1. The van der Waals surface area contributed by atoms with Crippen LogP contribution in [0.1, 0.15) is 15.9 Å². The summed E-state index contributed by atoms with van der Waals surface area (Å²) in [5.41, 5.74) is 11.1. The summed E-state index contributed by atoms with van der Waals surface area (Å²) in [6.45, 7) is -0.0604. The molecule has 6 nitrogen and oxygen atoms in total. The standard InChI is InChI=1S/C20H18N4O2/c1-24-10-13(9-22-24)18-8-17-15(14-5-3-2-4-12(14)11-25)6-7-16(20(21)26)19(17)23-18/h2-10,23,25H,11H2,1H3,(H2,21,26). The third kappa shape index (κ3) is 2.57. The Morgan fingerprint density at radius 2 is 2.04 bits per heavy atom. The monoisotopic (exact) mass is 346 g/mol. The predicted molar refractivity (Wildman–Crippen MR) is 100 cm³/mol. The summed E-state index contributed by atoms with van der Waals surface area (Å²) in [5.74, 6) is -0.489. The van der Waals surface area contributed by atoms with Gasteiger partial charge in [0, 0.05) is 29.9 Å². The number of primary amides is 1. The molecule has 4 aromatic rings. The molecule has 1 amide bonds. The van der Waals surface area contributed by atoms with Crippen LogP contribution < -0.4 is 5.73 Å². The number of carbonyl (C=O) groups excluding carboxylic acids is 1. The van der Waals surface area contributed by atoms with Crippen molar-refractivity contribution in [2.45, 2.75) is 6.61 Å². The number of nitrogens with two attached hydrogens (primary N) is 1. The van der Waals surface area contributed by atoms with E-state index in [1.165, 1.54) is 0 Å². The molecule has 2 heterocycles. The molecule has 0 radical (unpaired) electrons. The van der Waals surface area contributed by atoms with E-state index in [9.17, 15) is 9.90 Å². The second-order valence-electron chi connectivity index (χ2n) is 6.21. The number of aryl methyl sites for hydroxylation is 1. The van der Waals surface area contributed by atoms with Crippen molar-refractivity contribution in [2.24, 2.45) is 12.8 Å². The second kappa shape index (κ2) is 6.16. The molecule has 2 aromatic heterocycles. The molecule has 0 bridgehead atoms.